The summed E-state index contributed by atoms with van der Waals surface area (Å²) in [6, 6.07) is 11.9. The highest BCUT2D eigenvalue weighted by Crippen LogP contribution is 2.26. The first kappa shape index (κ1) is 22.3. The first-order valence-corrected chi connectivity index (χ1v) is 9.92. The fraction of sp³-hybridized carbons (Fsp3) is 0.227. The number of anilines is 2. The maximum Gasteiger partial charge on any atom is 0.262 e. The molecule has 3 aromatic rings. The Morgan fingerprint density at radius 2 is 1.90 bits per heavy atom. The van der Waals surface area contributed by atoms with E-state index in [0.29, 0.717) is 11.4 Å². The van der Waals surface area contributed by atoms with E-state index in [4.69, 9.17) is 16.3 Å². The highest BCUT2D eigenvalue weighted by Gasteiger charge is 2.19. The number of amides is 2. The van der Waals surface area contributed by atoms with Crippen LogP contribution in [0.25, 0.3) is 0 Å². The van der Waals surface area contributed by atoms with Gasteiger partial charge in [0, 0.05) is 11.4 Å². The summed E-state index contributed by atoms with van der Waals surface area (Å²) in [4.78, 5) is 24.7. The van der Waals surface area contributed by atoms with Crippen molar-refractivity contribution in [2.45, 2.75) is 26.8 Å². The van der Waals surface area contributed by atoms with Gasteiger partial charge >= 0.3 is 0 Å². The molecule has 0 radical (unpaired) electrons. The third-order valence-electron chi connectivity index (χ3n) is 4.50. The number of halogens is 2. The molecule has 31 heavy (non-hydrogen) atoms. The number of carbonyl (C=O) groups is 2. The van der Waals surface area contributed by atoms with Gasteiger partial charge in [-0.1, -0.05) is 23.7 Å². The maximum atomic E-state index is 13.5. The Bertz CT molecular complexity index is 1120. The van der Waals surface area contributed by atoms with E-state index in [9.17, 15) is 14.0 Å². The van der Waals surface area contributed by atoms with E-state index in [2.05, 4.69) is 15.7 Å². The Balaban J connectivity index is 1.59. The number of nitrogens with one attached hydrogen (secondary N) is 2. The quantitative estimate of drug-likeness (QED) is 0.561. The van der Waals surface area contributed by atoms with Crippen molar-refractivity contribution >= 4 is 34.8 Å². The van der Waals surface area contributed by atoms with Crippen molar-refractivity contribution in [3.8, 4) is 5.75 Å². The van der Waals surface area contributed by atoms with Crippen LogP contribution in [0, 0.1) is 19.7 Å². The molecule has 2 aromatic carbocycles. The first-order valence-electron chi connectivity index (χ1n) is 9.55. The summed E-state index contributed by atoms with van der Waals surface area (Å²) >= 11 is 6.27. The number of aromatic nitrogens is 2. The van der Waals surface area contributed by atoms with Gasteiger partial charge in [-0.15, -0.1) is 0 Å². The molecule has 0 spiro atoms. The topological polar surface area (TPSA) is 85.2 Å². The molecule has 0 fully saturated rings. The molecule has 3 rings (SSSR count). The van der Waals surface area contributed by atoms with Gasteiger partial charge in [0.25, 0.3) is 5.91 Å². The molecular weight excluding hydrogens is 423 g/mol. The molecule has 162 valence electrons. The van der Waals surface area contributed by atoms with Crippen molar-refractivity contribution in [3.05, 3.63) is 70.8 Å². The van der Waals surface area contributed by atoms with E-state index < -0.39 is 17.8 Å². The minimum atomic E-state index is -0.548. The van der Waals surface area contributed by atoms with Crippen molar-refractivity contribution in [3.63, 3.8) is 0 Å². The molecule has 7 nitrogen and oxygen atoms in total. The molecule has 1 unspecified atom stereocenters. The minimum absolute atomic E-state index is 0.00882. The van der Waals surface area contributed by atoms with Crippen molar-refractivity contribution in [2.75, 3.05) is 17.2 Å². The second-order valence-electron chi connectivity index (χ2n) is 7.00. The van der Waals surface area contributed by atoms with Gasteiger partial charge in [-0.25, -0.2) is 4.39 Å². The zero-order valence-electron chi connectivity index (χ0n) is 17.3. The Kier molecular flexibility index (Phi) is 6.91. The second-order valence-corrected chi connectivity index (χ2v) is 7.41. The van der Waals surface area contributed by atoms with Gasteiger partial charge in [-0.05, 0) is 57.2 Å². The average molecular weight is 445 g/mol. The van der Waals surface area contributed by atoms with Crippen LogP contribution in [0.15, 0.2) is 48.5 Å². The lowest BCUT2D eigenvalue weighted by atomic mass is 10.2. The molecule has 0 aliphatic rings. The predicted molar refractivity (Wildman–Crippen MR) is 117 cm³/mol. The van der Waals surface area contributed by atoms with Crippen LogP contribution in [0.2, 0.25) is 5.02 Å². The van der Waals surface area contributed by atoms with Crippen molar-refractivity contribution in [1.29, 1.82) is 0 Å². The van der Waals surface area contributed by atoms with Gasteiger partial charge in [-0.2, -0.15) is 5.10 Å². The summed E-state index contributed by atoms with van der Waals surface area (Å²) in [6.45, 7) is 5.12. The maximum absolute atomic E-state index is 13.5. The molecule has 0 bridgehead atoms. The summed E-state index contributed by atoms with van der Waals surface area (Å²) in [7, 11) is 0. The van der Waals surface area contributed by atoms with E-state index in [1.54, 1.807) is 29.8 Å². The number of benzene rings is 2. The zero-order chi connectivity index (χ0) is 22.5. The van der Waals surface area contributed by atoms with Gasteiger partial charge in [0.2, 0.25) is 5.91 Å². The third-order valence-corrected chi connectivity index (χ3v) is 4.81. The van der Waals surface area contributed by atoms with Crippen molar-refractivity contribution < 1.29 is 18.7 Å². The second kappa shape index (κ2) is 9.61. The summed E-state index contributed by atoms with van der Waals surface area (Å²) in [6.07, 6.45) is 0. The Labute approximate surface area is 184 Å². The Morgan fingerprint density at radius 3 is 2.55 bits per heavy atom. The molecule has 0 aliphatic carbocycles. The Morgan fingerprint density at radius 1 is 1.16 bits per heavy atom. The fourth-order valence-electron chi connectivity index (χ4n) is 2.98. The molecule has 1 aromatic heterocycles. The molecule has 0 saturated carbocycles. The van der Waals surface area contributed by atoms with Crippen LogP contribution in [0.1, 0.15) is 24.4 Å². The Hall–Kier alpha value is -3.39. The minimum Gasteiger partial charge on any atom is -0.481 e. The molecule has 0 saturated heterocycles. The van der Waals surface area contributed by atoms with E-state index in [1.165, 1.54) is 24.3 Å². The summed E-state index contributed by atoms with van der Waals surface area (Å²) < 4.78 is 20.4. The van der Waals surface area contributed by atoms with Crippen molar-refractivity contribution in [2.24, 2.45) is 0 Å². The summed E-state index contributed by atoms with van der Waals surface area (Å²) in [5.74, 6) is -1.31. The fourth-order valence-corrected chi connectivity index (χ4v) is 3.21. The van der Waals surface area contributed by atoms with E-state index in [0.717, 1.165) is 11.4 Å². The SMILES string of the molecule is Cc1cc(C)n(C(C)C(=O)Nc2ccc(NC(=O)COc3ccccc3F)cc2Cl)n1. The zero-order valence-corrected chi connectivity index (χ0v) is 18.0. The van der Waals surface area contributed by atoms with Crippen LogP contribution in [-0.2, 0) is 9.59 Å². The summed E-state index contributed by atoms with van der Waals surface area (Å²) in [5, 5.41) is 9.96. The number of hydrogen-bond acceptors (Lipinski definition) is 4. The number of ether oxygens (including phenoxy) is 1. The van der Waals surface area contributed by atoms with Crippen LogP contribution < -0.4 is 15.4 Å². The molecule has 2 amide bonds. The standard InChI is InChI=1S/C22H22ClFN4O3/c1-13-10-14(2)28(27-13)15(3)22(30)26-19-9-8-16(11-17(19)23)25-21(29)12-31-20-7-5-4-6-18(20)24/h4-11,15H,12H2,1-3H3,(H,25,29)(H,26,30). The largest absolute Gasteiger partial charge is 0.481 e. The first-order chi connectivity index (χ1) is 14.7. The van der Waals surface area contributed by atoms with Crippen molar-refractivity contribution in [1.82, 2.24) is 9.78 Å². The van der Waals surface area contributed by atoms with E-state index in [-0.39, 0.29) is 23.3 Å². The van der Waals surface area contributed by atoms with E-state index in [1.807, 2.05) is 19.9 Å². The normalized spacial score (nSPS) is 11.6. The lowest BCUT2D eigenvalue weighted by Gasteiger charge is -2.16. The molecule has 9 heteroatoms. The van der Waals surface area contributed by atoms with Crippen LogP contribution in [0.3, 0.4) is 0 Å². The van der Waals surface area contributed by atoms with Crippen LogP contribution in [0.5, 0.6) is 5.75 Å². The van der Waals surface area contributed by atoms with Crippen LogP contribution in [-0.4, -0.2) is 28.2 Å². The van der Waals surface area contributed by atoms with Gasteiger partial charge in [-0.3, -0.25) is 14.3 Å². The number of para-hydroxylation sites is 1. The number of aryl methyl sites for hydroxylation is 2. The number of carbonyl (C=O) groups excluding carboxylic acids is 2. The van der Waals surface area contributed by atoms with Gasteiger partial charge in [0.1, 0.15) is 6.04 Å². The molecule has 1 atom stereocenters. The van der Waals surface area contributed by atoms with E-state index >= 15 is 0 Å². The monoisotopic (exact) mass is 444 g/mol. The lowest BCUT2D eigenvalue weighted by Crippen LogP contribution is -2.25. The van der Waals surface area contributed by atoms with Gasteiger partial charge < -0.3 is 15.4 Å². The average Bonchev–Trinajstić information content (AvgIpc) is 3.06. The molecule has 1 heterocycles. The third kappa shape index (κ3) is 5.61. The molecule has 2 N–H and O–H groups in total. The molecule has 0 aliphatic heterocycles. The predicted octanol–water partition coefficient (Wildman–Crippen LogP) is 4.51. The number of rotatable bonds is 7. The lowest BCUT2D eigenvalue weighted by molar-refractivity contribution is -0.119. The molecular formula is C22H22ClFN4O3. The number of hydrogen-bond donors (Lipinski definition) is 2. The summed E-state index contributed by atoms with van der Waals surface area (Å²) in [5.41, 5.74) is 2.52. The highest BCUT2D eigenvalue weighted by molar-refractivity contribution is 6.34. The highest BCUT2D eigenvalue weighted by atomic mass is 35.5. The smallest absolute Gasteiger partial charge is 0.262 e. The van der Waals surface area contributed by atoms with Crippen LogP contribution in [0.4, 0.5) is 15.8 Å². The van der Waals surface area contributed by atoms with Gasteiger partial charge in [0.15, 0.2) is 18.2 Å². The van der Waals surface area contributed by atoms with Gasteiger partial charge in [0.05, 0.1) is 16.4 Å². The number of nitrogens with zero attached hydrogens (tertiary/aromatic N) is 2. The van der Waals surface area contributed by atoms with Crippen LogP contribution >= 0.6 is 11.6 Å².